The van der Waals surface area contributed by atoms with Crippen LogP contribution in [0, 0.1) is 13.8 Å². The van der Waals surface area contributed by atoms with Gasteiger partial charge in [0.2, 0.25) is 0 Å². The molecule has 1 heterocycles. The standard InChI is InChI=1S/C17H25N3/c1-5-6-20-12-16(11-19-20)17(18-4)10-15-8-13(2)7-14(3)9-15/h7-9,11-12,17-18H,5-6,10H2,1-4H3. The van der Waals surface area contributed by atoms with E-state index < -0.39 is 0 Å². The molecule has 0 amide bonds. The molecule has 0 saturated heterocycles. The third-order valence-corrected chi connectivity index (χ3v) is 3.58. The van der Waals surface area contributed by atoms with Gasteiger partial charge in [-0.3, -0.25) is 4.68 Å². The van der Waals surface area contributed by atoms with Crippen LogP contribution in [-0.2, 0) is 13.0 Å². The lowest BCUT2D eigenvalue weighted by Crippen LogP contribution is -2.18. The first-order valence-electron chi connectivity index (χ1n) is 7.39. The summed E-state index contributed by atoms with van der Waals surface area (Å²) < 4.78 is 2.03. The van der Waals surface area contributed by atoms with Crippen molar-refractivity contribution in [3.05, 3.63) is 52.8 Å². The highest BCUT2D eigenvalue weighted by molar-refractivity contribution is 5.30. The molecule has 0 bridgehead atoms. The van der Waals surface area contributed by atoms with E-state index >= 15 is 0 Å². The Labute approximate surface area is 122 Å². The van der Waals surface area contributed by atoms with Crippen molar-refractivity contribution in [2.75, 3.05) is 7.05 Å². The van der Waals surface area contributed by atoms with Crippen LogP contribution >= 0.6 is 0 Å². The van der Waals surface area contributed by atoms with Crippen molar-refractivity contribution in [3.8, 4) is 0 Å². The summed E-state index contributed by atoms with van der Waals surface area (Å²) >= 11 is 0. The lowest BCUT2D eigenvalue weighted by Gasteiger charge is -2.15. The van der Waals surface area contributed by atoms with Gasteiger partial charge in [-0.25, -0.2) is 0 Å². The van der Waals surface area contributed by atoms with Gasteiger partial charge in [-0.2, -0.15) is 5.10 Å². The number of nitrogens with zero attached hydrogens (tertiary/aromatic N) is 2. The number of nitrogens with one attached hydrogen (secondary N) is 1. The first-order valence-corrected chi connectivity index (χ1v) is 7.39. The summed E-state index contributed by atoms with van der Waals surface area (Å²) in [5.74, 6) is 0. The molecule has 2 rings (SSSR count). The number of hydrogen-bond donors (Lipinski definition) is 1. The Morgan fingerprint density at radius 1 is 1.20 bits per heavy atom. The lowest BCUT2D eigenvalue weighted by atomic mass is 9.98. The van der Waals surface area contributed by atoms with E-state index in [9.17, 15) is 0 Å². The van der Waals surface area contributed by atoms with Gasteiger partial charge >= 0.3 is 0 Å². The SMILES string of the molecule is CCCn1cc(C(Cc2cc(C)cc(C)c2)NC)cn1. The van der Waals surface area contributed by atoms with E-state index in [1.807, 2.05) is 17.9 Å². The van der Waals surface area contributed by atoms with Gasteiger partial charge in [0.15, 0.2) is 0 Å². The fourth-order valence-corrected chi connectivity index (χ4v) is 2.72. The largest absolute Gasteiger partial charge is 0.313 e. The van der Waals surface area contributed by atoms with Gasteiger partial charge in [-0.05, 0) is 39.3 Å². The van der Waals surface area contributed by atoms with Crippen LogP contribution in [0.1, 0.15) is 41.6 Å². The normalized spacial score (nSPS) is 12.6. The van der Waals surface area contributed by atoms with Gasteiger partial charge in [0.1, 0.15) is 0 Å². The average Bonchev–Trinajstić information content (AvgIpc) is 2.84. The fraction of sp³-hybridized carbons (Fsp3) is 0.471. The summed E-state index contributed by atoms with van der Waals surface area (Å²) in [6.07, 6.45) is 6.26. The fourth-order valence-electron chi connectivity index (χ4n) is 2.72. The first-order chi connectivity index (χ1) is 9.62. The molecule has 108 valence electrons. The Bertz CT molecular complexity index is 537. The molecule has 0 aliphatic carbocycles. The third-order valence-electron chi connectivity index (χ3n) is 3.58. The van der Waals surface area contributed by atoms with Crippen LogP contribution in [0.4, 0.5) is 0 Å². The van der Waals surface area contributed by atoms with Crippen molar-refractivity contribution < 1.29 is 0 Å². The van der Waals surface area contributed by atoms with E-state index in [2.05, 4.69) is 55.6 Å². The lowest BCUT2D eigenvalue weighted by molar-refractivity contribution is 0.582. The molecular formula is C17H25N3. The molecule has 0 aliphatic rings. The van der Waals surface area contributed by atoms with E-state index in [4.69, 9.17) is 0 Å². The van der Waals surface area contributed by atoms with Gasteiger partial charge in [-0.15, -0.1) is 0 Å². The van der Waals surface area contributed by atoms with E-state index in [0.29, 0.717) is 6.04 Å². The molecule has 1 aromatic heterocycles. The van der Waals surface area contributed by atoms with Gasteiger partial charge in [-0.1, -0.05) is 36.2 Å². The highest BCUT2D eigenvalue weighted by Gasteiger charge is 2.12. The Hall–Kier alpha value is -1.61. The second-order valence-electron chi connectivity index (χ2n) is 5.58. The zero-order chi connectivity index (χ0) is 14.5. The highest BCUT2D eigenvalue weighted by atomic mass is 15.3. The van der Waals surface area contributed by atoms with Gasteiger partial charge < -0.3 is 5.32 Å². The van der Waals surface area contributed by atoms with Gasteiger partial charge in [0, 0.05) is 24.3 Å². The molecule has 3 nitrogen and oxygen atoms in total. The van der Waals surface area contributed by atoms with Crippen LogP contribution in [0.2, 0.25) is 0 Å². The van der Waals surface area contributed by atoms with Gasteiger partial charge in [0.25, 0.3) is 0 Å². The summed E-state index contributed by atoms with van der Waals surface area (Å²) in [5, 5.41) is 7.84. The maximum absolute atomic E-state index is 4.43. The molecule has 1 unspecified atom stereocenters. The molecular weight excluding hydrogens is 246 g/mol. The van der Waals surface area contributed by atoms with Crippen LogP contribution in [0.25, 0.3) is 0 Å². The summed E-state index contributed by atoms with van der Waals surface area (Å²) in [7, 11) is 2.02. The smallest absolute Gasteiger partial charge is 0.0537 e. The van der Waals surface area contributed by atoms with Crippen molar-refractivity contribution in [3.63, 3.8) is 0 Å². The minimum atomic E-state index is 0.321. The zero-order valence-corrected chi connectivity index (χ0v) is 13.0. The van der Waals surface area contributed by atoms with Crippen molar-refractivity contribution in [1.82, 2.24) is 15.1 Å². The number of likely N-dealkylation sites (N-methyl/N-ethyl adjacent to an activating group) is 1. The molecule has 3 heteroatoms. The Morgan fingerprint density at radius 3 is 2.50 bits per heavy atom. The predicted molar refractivity (Wildman–Crippen MR) is 83.9 cm³/mol. The predicted octanol–water partition coefficient (Wildman–Crippen LogP) is 3.41. The van der Waals surface area contributed by atoms with Crippen LogP contribution in [-0.4, -0.2) is 16.8 Å². The quantitative estimate of drug-likeness (QED) is 0.872. The first kappa shape index (κ1) is 14.8. The topological polar surface area (TPSA) is 29.9 Å². The number of aryl methyl sites for hydroxylation is 3. The summed E-state index contributed by atoms with van der Waals surface area (Å²) in [6.45, 7) is 7.47. The monoisotopic (exact) mass is 271 g/mol. The summed E-state index contributed by atoms with van der Waals surface area (Å²) in [4.78, 5) is 0. The number of benzene rings is 1. The van der Waals surface area contributed by atoms with Crippen LogP contribution < -0.4 is 5.32 Å². The molecule has 1 N–H and O–H groups in total. The highest BCUT2D eigenvalue weighted by Crippen LogP contribution is 2.19. The number of hydrogen-bond acceptors (Lipinski definition) is 2. The summed E-state index contributed by atoms with van der Waals surface area (Å²) in [5.41, 5.74) is 5.30. The van der Waals surface area contributed by atoms with Crippen molar-refractivity contribution in [1.29, 1.82) is 0 Å². The summed E-state index contributed by atoms with van der Waals surface area (Å²) in [6, 6.07) is 7.08. The Balaban J connectivity index is 2.15. The van der Waals surface area contributed by atoms with E-state index in [1.54, 1.807) is 0 Å². The molecule has 2 aromatic rings. The molecule has 0 aliphatic heterocycles. The van der Waals surface area contributed by atoms with E-state index in [1.165, 1.54) is 22.3 Å². The van der Waals surface area contributed by atoms with Crippen molar-refractivity contribution in [2.24, 2.45) is 0 Å². The Kier molecular flexibility index (Phi) is 4.96. The van der Waals surface area contributed by atoms with E-state index in [-0.39, 0.29) is 0 Å². The molecule has 1 aromatic carbocycles. The van der Waals surface area contributed by atoms with Crippen LogP contribution in [0.3, 0.4) is 0 Å². The molecule has 0 fully saturated rings. The van der Waals surface area contributed by atoms with Gasteiger partial charge in [0.05, 0.1) is 6.20 Å². The maximum Gasteiger partial charge on any atom is 0.0537 e. The van der Waals surface area contributed by atoms with E-state index in [0.717, 1.165) is 19.4 Å². The second kappa shape index (κ2) is 6.71. The molecule has 20 heavy (non-hydrogen) atoms. The van der Waals surface area contributed by atoms with Crippen molar-refractivity contribution >= 4 is 0 Å². The molecule has 1 atom stereocenters. The zero-order valence-electron chi connectivity index (χ0n) is 13.0. The van der Waals surface area contributed by atoms with Crippen LogP contribution in [0.15, 0.2) is 30.6 Å². The molecule has 0 radical (unpaired) electrons. The number of rotatable bonds is 6. The van der Waals surface area contributed by atoms with Crippen molar-refractivity contribution in [2.45, 2.75) is 46.2 Å². The second-order valence-corrected chi connectivity index (χ2v) is 5.58. The molecule has 0 saturated carbocycles. The average molecular weight is 271 g/mol. The minimum Gasteiger partial charge on any atom is -0.313 e. The maximum atomic E-state index is 4.43. The minimum absolute atomic E-state index is 0.321. The number of aromatic nitrogens is 2. The third kappa shape index (κ3) is 3.70. The van der Waals surface area contributed by atoms with Crippen LogP contribution in [0.5, 0.6) is 0 Å². The molecule has 0 spiro atoms. The Morgan fingerprint density at radius 2 is 1.90 bits per heavy atom.